The van der Waals surface area contributed by atoms with Crippen LogP contribution in [0.2, 0.25) is 0 Å². The fourth-order valence-corrected chi connectivity index (χ4v) is 5.04. The summed E-state index contributed by atoms with van der Waals surface area (Å²) in [5.74, 6) is -1.43. The van der Waals surface area contributed by atoms with Gasteiger partial charge in [-0.2, -0.15) is 5.10 Å². The minimum Gasteiger partial charge on any atom is -0.493 e. The second-order valence-corrected chi connectivity index (χ2v) is 11.0. The summed E-state index contributed by atoms with van der Waals surface area (Å²) in [4.78, 5) is 36.9. The zero-order valence-electron chi connectivity index (χ0n) is 25.6. The van der Waals surface area contributed by atoms with Crippen LogP contribution in [0.1, 0.15) is 20.3 Å². The molecular weight excluding hydrogens is 602 g/mol. The smallest absolute Gasteiger partial charge is 0.248 e. The fourth-order valence-electron chi connectivity index (χ4n) is 5.04. The van der Waals surface area contributed by atoms with Crippen LogP contribution in [0.5, 0.6) is 11.5 Å². The normalized spacial score (nSPS) is 13.7. The molecule has 2 amide bonds. The lowest BCUT2D eigenvalue weighted by Gasteiger charge is -2.34. The van der Waals surface area contributed by atoms with Gasteiger partial charge in [-0.25, -0.2) is 18.7 Å². The molecule has 0 saturated carbocycles. The topological polar surface area (TPSA) is 147 Å². The Kier molecular flexibility index (Phi) is 10.5. The summed E-state index contributed by atoms with van der Waals surface area (Å²) in [6.45, 7) is 7.13. The van der Waals surface area contributed by atoms with Crippen LogP contribution < -0.4 is 20.1 Å². The molecule has 1 saturated heterocycles. The Bertz CT molecular complexity index is 1680. The third kappa shape index (κ3) is 8.22. The van der Waals surface area contributed by atoms with Gasteiger partial charge in [-0.15, -0.1) is 0 Å². The molecule has 0 unspecified atom stereocenters. The van der Waals surface area contributed by atoms with Gasteiger partial charge in [0.25, 0.3) is 0 Å². The Morgan fingerprint density at radius 3 is 2.67 bits per heavy atom. The standard InChI is InChI=1S/C31H36F2N8O5/c1-20(2)46-26-14-22(45-12-4-7-39-8-10-40(11-9-39)28(44)18-42)13-25-29(26)31(35-19-34-25)37-21-15-36-41(16-21)17-27(43)38-24-6-3-5-23(32)30(24)33/h3,5-6,13-16,19-20,42H,4,7-12,17-18H2,1-2H3,(H,38,43)(H,34,35,37). The Morgan fingerprint density at radius 1 is 1.11 bits per heavy atom. The molecule has 5 rings (SSSR count). The van der Waals surface area contributed by atoms with Crippen LogP contribution in [0.4, 0.5) is 26.0 Å². The number of fused-ring (bicyclic) bond motifs is 1. The van der Waals surface area contributed by atoms with Crippen LogP contribution in [0.25, 0.3) is 10.9 Å². The first-order valence-corrected chi connectivity index (χ1v) is 14.9. The third-order valence-corrected chi connectivity index (χ3v) is 7.21. The SMILES string of the molecule is CC(C)Oc1cc(OCCCN2CCN(C(=O)CO)CC2)cc2ncnc(Nc3cnn(CC(=O)Nc4cccc(F)c4F)c3)c12. The molecule has 1 aliphatic heterocycles. The lowest BCUT2D eigenvalue weighted by atomic mass is 10.2. The molecule has 0 radical (unpaired) electrons. The van der Waals surface area contributed by atoms with E-state index in [4.69, 9.17) is 14.6 Å². The molecule has 13 nitrogen and oxygen atoms in total. The lowest BCUT2D eigenvalue weighted by molar-refractivity contribution is -0.135. The van der Waals surface area contributed by atoms with Crippen molar-refractivity contribution in [3.05, 3.63) is 60.7 Å². The zero-order chi connectivity index (χ0) is 32.6. The molecule has 3 heterocycles. The summed E-state index contributed by atoms with van der Waals surface area (Å²) in [6, 6.07) is 7.16. The largest absolute Gasteiger partial charge is 0.493 e. The second kappa shape index (κ2) is 14.9. The van der Waals surface area contributed by atoms with E-state index in [1.165, 1.54) is 29.3 Å². The quantitative estimate of drug-likeness (QED) is 0.187. The number of aromatic nitrogens is 4. The number of hydrogen-bond acceptors (Lipinski definition) is 10. The van der Waals surface area contributed by atoms with Crippen LogP contribution in [0.15, 0.2) is 49.1 Å². The molecule has 2 aromatic heterocycles. The molecule has 4 aromatic rings. The van der Waals surface area contributed by atoms with E-state index in [0.717, 1.165) is 32.1 Å². The van der Waals surface area contributed by atoms with Crippen LogP contribution in [0, 0.1) is 11.6 Å². The Balaban J connectivity index is 1.22. The number of benzene rings is 2. The maximum atomic E-state index is 13.9. The summed E-state index contributed by atoms with van der Waals surface area (Å²) in [5.41, 5.74) is 0.873. The van der Waals surface area contributed by atoms with Crippen molar-refractivity contribution in [3.63, 3.8) is 0 Å². The van der Waals surface area contributed by atoms with Gasteiger partial charge in [0.15, 0.2) is 11.6 Å². The maximum Gasteiger partial charge on any atom is 0.248 e. The zero-order valence-corrected chi connectivity index (χ0v) is 25.6. The van der Waals surface area contributed by atoms with E-state index in [9.17, 15) is 18.4 Å². The van der Waals surface area contributed by atoms with Gasteiger partial charge in [0.05, 0.1) is 41.2 Å². The average molecular weight is 639 g/mol. The number of aliphatic hydroxyl groups excluding tert-OH is 1. The van der Waals surface area contributed by atoms with E-state index >= 15 is 0 Å². The van der Waals surface area contributed by atoms with Gasteiger partial charge in [-0.3, -0.25) is 19.2 Å². The van der Waals surface area contributed by atoms with E-state index in [-0.39, 0.29) is 24.2 Å². The fraction of sp³-hybridized carbons (Fsp3) is 0.387. The number of carbonyl (C=O) groups is 2. The molecule has 15 heteroatoms. The van der Waals surface area contributed by atoms with Crippen molar-refractivity contribution >= 4 is 39.9 Å². The molecule has 0 atom stereocenters. The summed E-state index contributed by atoms with van der Waals surface area (Å²) < 4.78 is 41.0. The van der Waals surface area contributed by atoms with Gasteiger partial charge in [-0.05, 0) is 32.4 Å². The van der Waals surface area contributed by atoms with Crippen molar-refractivity contribution in [1.82, 2.24) is 29.5 Å². The predicted octanol–water partition coefficient (Wildman–Crippen LogP) is 3.18. The summed E-state index contributed by atoms with van der Waals surface area (Å²) >= 11 is 0. The van der Waals surface area contributed by atoms with Crippen molar-refractivity contribution in [2.24, 2.45) is 0 Å². The number of nitrogens with zero attached hydrogens (tertiary/aromatic N) is 6. The van der Waals surface area contributed by atoms with Crippen molar-refractivity contribution in [2.75, 3.05) is 56.6 Å². The molecule has 1 aliphatic rings. The molecule has 0 bridgehead atoms. The molecule has 46 heavy (non-hydrogen) atoms. The van der Waals surface area contributed by atoms with E-state index in [0.29, 0.717) is 53.6 Å². The van der Waals surface area contributed by atoms with Crippen molar-refractivity contribution in [1.29, 1.82) is 0 Å². The highest BCUT2D eigenvalue weighted by atomic mass is 19.2. The number of ether oxygens (including phenoxy) is 2. The number of amides is 2. The monoisotopic (exact) mass is 638 g/mol. The molecule has 1 fully saturated rings. The number of carbonyl (C=O) groups excluding carboxylic acids is 2. The molecule has 0 spiro atoms. The minimum atomic E-state index is -1.13. The minimum absolute atomic E-state index is 0.146. The van der Waals surface area contributed by atoms with Gasteiger partial charge in [0, 0.05) is 51.1 Å². The number of hydrogen-bond donors (Lipinski definition) is 3. The summed E-state index contributed by atoms with van der Waals surface area (Å²) in [6.07, 6.45) is 5.14. The highest BCUT2D eigenvalue weighted by molar-refractivity contribution is 5.97. The van der Waals surface area contributed by atoms with Gasteiger partial charge in [-0.1, -0.05) is 6.07 Å². The first kappa shape index (κ1) is 32.5. The average Bonchev–Trinajstić information content (AvgIpc) is 3.47. The van der Waals surface area contributed by atoms with Crippen molar-refractivity contribution < 1.29 is 33.0 Å². The van der Waals surface area contributed by atoms with E-state index in [1.54, 1.807) is 17.2 Å². The molecule has 2 aromatic carbocycles. The highest BCUT2D eigenvalue weighted by Gasteiger charge is 2.20. The number of piperazine rings is 1. The first-order chi connectivity index (χ1) is 22.2. The van der Waals surface area contributed by atoms with Crippen molar-refractivity contribution in [2.45, 2.75) is 32.9 Å². The molecular formula is C31H36F2N8O5. The lowest BCUT2D eigenvalue weighted by Crippen LogP contribution is -2.49. The Morgan fingerprint density at radius 2 is 1.91 bits per heavy atom. The van der Waals surface area contributed by atoms with E-state index in [2.05, 4.69) is 30.6 Å². The van der Waals surface area contributed by atoms with Gasteiger partial charge in [0.2, 0.25) is 11.8 Å². The first-order valence-electron chi connectivity index (χ1n) is 14.9. The summed E-state index contributed by atoms with van der Waals surface area (Å²) in [7, 11) is 0. The Labute approximate surface area is 264 Å². The number of nitrogens with one attached hydrogen (secondary N) is 2. The number of halogens is 2. The van der Waals surface area contributed by atoms with Crippen LogP contribution in [-0.4, -0.2) is 98.5 Å². The highest BCUT2D eigenvalue weighted by Crippen LogP contribution is 2.36. The third-order valence-electron chi connectivity index (χ3n) is 7.21. The second-order valence-electron chi connectivity index (χ2n) is 11.0. The van der Waals surface area contributed by atoms with Crippen LogP contribution in [0.3, 0.4) is 0 Å². The maximum absolute atomic E-state index is 13.9. The number of aliphatic hydroxyl groups is 1. The predicted molar refractivity (Wildman–Crippen MR) is 166 cm³/mol. The molecule has 244 valence electrons. The number of rotatable bonds is 13. The Hall–Kier alpha value is -4.89. The van der Waals surface area contributed by atoms with Crippen LogP contribution >= 0.6 is 0 Å². The van der Waals surface area contributed by atoms with Gasteiger partial charge >= 0.3 is 0 Å². The van der Waals surface area contributed by atoms with Gasteiger partial charge in [0.1, 0.15) is 36.8 Å². The van der Waals surface area contributed by atoms with E-state index < -0.39 is 24.1 Å². The molecule has 3 N–H and O–H groups in total. The molecule has 0 aliphatic carbocycles. The van der Waals surface area contributed by atoms with Gasteiger partial charge < -0.3 is 30.1 Å². The summed E-state index contributed by atoms with van der Waals surface area (Å²) in [5, 5.41) is 19.4. The van der Waals surface area contributed by atoms with Crippen molar-refractivity contribution in [3.8, 4) is 11.5 Å². The number of anilines is 3. The van der Waals surface area contributed by atoms with Crippen LogP contribution in [-0.2, 0) is 16.1 Å². The van der Waals surface area contributed by atoms with E-state index in [1.807, 2.05) is 19.9 Å².